The normalized spacial score (nSPS) is 25.2. The molecule has 4 nitrogen and oxygen atoms in total. The van der Waals surface area contributed by atoms with Crippen LogP contribution in [0.25, 0.3) is 0 Å². The average molecular weight is 221 g/mol. The van der Waals surface area contributed by atoms with E-state index in [2.05, 4.69) is 29.1 Å². The Morgan fingerprint density at radius 1 is 1.50 bits per heavy atom. The molecule has 0 aliphatic heterocycles. The molecule has 88 valence electrons. The summed E-state index contributed by atoms with van der Waals surface area (Å²) in [5.41, 5.74) is 0.946. The predicted octanol–water partition coefficient (Wildman–Crippen LogP) is 1.79. The molecule has 2 rings (SSSR count). The highest BCUT2D eigenvalue weighted by molar-refractivity contribution is 5.23. The van der Waals surface area contributed by atoms with Gasteiger partial charge in [0.15, 0.2) is 0 Å². The minimum atomic E-state index is 0.281. The van der Waals surface area contributed by atoms with Crippen LogP contribution in [0, 0.1) is 11.8 Å². The number of nitrogens with zero attached hydrogens (tertiary/aromatic N) is 2. The number of ether oxygens (including phenoxy) is 1. The number of rotatable bonds is 5. The maximum atomic E-state index is 5.27. The van der Waals surface area contributed by atoms with E-state index >= 15 is 0 Å². The van der Waals surface area contributed by atoms with Crippen LogP contribution >= 0.6 is 0 Å². The summed E-state index contributed by atoms with van der Waals surface area (Å²) < 4.78 is 5.27. The lowest BCUT2D eigenvalue weighted by molar-refractivity contribution is 0.368. The minimum Gasteiger partial charge on any atom is -0.480 e. The van der Waals surface area contributed by atoms with Gasteiger partial charge in [-0.15, -0.1) is 0 Å². The van der Waals surface area contributed by atoms with Crippen LogP contribution < -0.4 is 10.1 Å². The summed E-state index contributed by atoms with van der Waals surface area (Å²) >= 11 is 0. The van der Waals surface area contributed by atoms with E-state index in [0.717, 1.165) is 18.2 Å². The second-order valence-corrected chi connectivity index (χ2v) is 4.36. The summed E-state index contributed by atoms with van der Waals surface area (Å²) in [5.74, 6) is 2.09. The topological polar surface area (TPSA) is 47.0 Å². The molecule has 3 unspecified atom stereocenters. The van der Waals surface area contributed by atoms with Gasteiger partial charge >= 0.3 is 0 Å². The molecule has 0 radical (unpaired) electrons. The van der Waals surface area contributed by atoms with Crippen LogP contribution in [0.5, 0.6) is 5.88 Å². The second-order valence-electron chi connectivity index (χ2n) is 4.36. The number of nitrogens with one attached hydrogen (secondary N) is 1. The highest BCUT2D eigenvalue weighted by Gasteiger charge is 2.41. The summed E-state index contributed by atoms with van der Waals surface area (Å²) in [5, 5.41) is 3.48. The van der Waals surface area contributed by atoms with Gasteiger partial charge in [-0.3, -0.25) is 4.98 Å². The van der Waals surface area contributed by atoms with Crippen LogP contribution in [0.15, 0.2) is 12.4 Å². The van der Waals surface area contributed by atoms with Gasteiger partial charge in [-0.25, -0.2) is 4.98 Å². The lowest BCUT2D eigenvalue weighted by Crippen LogP contribution is -2.25. The molecule has 1 aromatic rings. The van der Waals surface area contributed by atoms with Crippen molar-refractivity contribution in [2.75, 3.05) is 13.7 Å². The summed E-state index contributed by atoms with van der Waals surface area (Å²) in [7, 11) is 1.65. The van der Waals surface area contributed by atoms with Crippen molar-refractivity contribution in [1.82, 2.24) is 15.3 Å². The van der Waals surface area contributed by atoms with Crippen molar-refractivity contribution in [2.45, 2.75) is 26.3 Å². The molecule has 1 fully saturated rings. The van der Waals surface area contributed by atoms with E-state index in [1.54, 1.807) is 19.5 Å². The first-order chi connectivity index (χ1) is 7.77. The Balaban J connectivity index is 2.23. The Morgan fingerprint density at radius 3 is 2.75 bits per heavy atom. The van der Waals surface area contributed by atoms with Crippen LogP contribution in [0.2, 0.25) is 0 Å². The van der Waals surface area contributed by atoms with Gasteiger partial charge < -0.3 is 10.1 Å². The summed E-state index contributed by atoms with van der Waals surface area (Å²) in [4.78, 5) is 8.62. The maximum Gasteiger partial charge on any atom is 0.237 e. The third kappa shape index (κ3) is 2.16. The van der Waals surface area contributed by atoms with Crippen molar-refractivity contribution >= 4 is 0 Å². The zero-order valence-electron chi connectivity index (χ0n) is 10.1. The molecule has 1 N–H and O–H groups in total. The Hall–Kier alpha value is -1.16. The Labute approximate surface area is 96.4 Å². The van der Waals surface area contributed by atoms with E-state index < -0.39 is 0 Å². The molecule has 1 aromatic heterocycles. The lowest BCUT2D eigenvalue weighted by atomic mass is 10.1. The fourth-order valence-corrected chi connectivity index (χ4v) is 2.19. The van der Waals surface area contributed by atoms with Crippen molar-refractivity contribution in [2.24, 2.45) is 11.8 Å². The molecule has 1 aliphatic carbocycles. The summed E-state index contributed by atoms with van der Waals surface area (Å²) in [6.07, 6.45) is 4.66. The van der Waals surface area contributed by atoms with Gasteiger partial charge in [0.05, 0.1) is 13.2 Å². The maximum absolute atomic E-state index is 5.27. The molecule has 0 saturated heterocycles. The molecule has 3 atom stereocenters. The molecular weight excluding hydrogens is 202 g/mol. The van der Waals surface area contributed by atoms with Gasteiger partial charge in [0.1, 0.15) is 5.69 Å². The van der Waals surface area contributed by atoms with Crippen molar-refractivity contribution in [3.63, 3.8) is 0 Å². The van der Waals surface area contributed by atoms with Gasteiger partial charge in [0, 0.05) is 12.4 Å². The first-order valence-electron chi connectivity index (χ1n) is 5.86. The van der Waals surface area contributed by atoms with Gasteiger partial charge in [-0.1, -0.05) is 13.8 Å². The molecule has 4 heteroatoms. The Morgan fingerprint density at radius 2 is 2.19 bits per heavy atom. The highest BCUT2D eigenvalue weighted by atomic mass is 16.5. The van der Waals surface area contributed by atoms with Crippen LogP contribution in [0.4, 0.5) is 0 Å². The van der Waals surface area contributed by atoms with Crippen molar-refractivity contribution in [1.29, 1.82) is 0 Å². The molecule has 1 heterocycles. The molecular formula is C12H19N3O. The number of hydrogen-bond acceptors (Lipinski definition) is 4. The quantitative estimate of drug-likeness (QED) is 0.823. The predicted molar refractivity (Wildman–Crippen MR) is 62.3 cm³/mol. The van der Waals surface area contributed by atoms with Crippen molar-refractivity contribution < 1.29 is 4.74 Å². The molecule has 0 bridgehead atoms. The van der Waals surface area contributed by atoms with E-state index in [-0.39, 0.29) is 6.04 Å². The highest BCUT2D eigenvalue weighted by Crippen LogP contribution is 2.47. The first kappa shape index (κ1) is 11.3. The monoisotopic (exact) mass is 221 g/mol. The van der Waals surface area contributed by atoms with Crippen LogP contribution in [-0.2, 0) is 0 Å². The molecule has 1 saturated carbocycles. The molecule has 0 amide bonds. The largest absolute Gasteiger partial charge is 0.480 e. The van der Waals surface area contributed by atoms with Gasteiger partial charge in [-0.2, -0.15) is 0 Å². The van der Waals surface area contributed by atoms with Crippen molar-refractivity contribution in [3.8, 4) is 5.88 Å². The van der Waals surface area contributed by atoms with Gasteiger partial charge in [0.2, 0.25) is 5.88 Å². The fraction of sp³-hybridized carbons (Fsp3) is 0.667. The number of aromatic nitrogens is 2. The zero-order chi connectivity index (χ0) is 11.5. The number of hydrogen-bond donors (Lipinski definition) is 1. The lowest BCUT2D eigenvalue weighted by Gasteiger charge is -2.18. The molecule has 0 aromatic carbocycles. The third-order valence-electron chi connectivity index (χ3n) is 3.20. The average Bonchev–Trinajstić information content (AvgIpc) is 3.03. The second kappa shape index (κ2) is 4.78. The summed E-state index contributed by atoms with van der Waals surface area (Å²) in [6, 6.07) is 0.281. The first-order valence-corrected chi connectivity index (χ1v) is 5.86. The Bertz CT molecular complexity index is 356. The van der Waals surface area contributed by atoms with Crippen LogP contribution in [0.1, 0.15) is 32.0 Å². The van der Waals surface area contributed by atoms with Gasteiger partial charge in [-0.05, 0) is 24.8 Å². The zero-order valence-corrected chi connectivity index (χ0v) is 10.1. The van der Waals surface area contributed by atoms with E-state index in [1.807, 2.05) is 0 Å². The molecule has 0 spiro atoms. The van der Waals surface area contributed by atoms with E-state index in [9.17, 15) is 0 Å². The molecule has 16 heavy (non-hydrogen) atoms. The smallest absolute Gasteiger partial charge is 0.237 e. The van der Waals surface area contributed by atoms with Crippen LogP contribution in [0.3, 0.4) is 0 Å². The van der Waals surface area contributed by atoms with E-state index in [4.69, 9.17) is 4.74 Å². The van der Waals surface area contributed by atoms with Gasteiger partial charge in [0.25, 0.3) is 0 Å². The van der Waals surface area contributed by atoms with Crippen LogP contribution in [-0.4, -0.2) is 23.6 Å². The third-order valence-corrected chi connectivity index (χ3v) is 3.20. The van der Waals surface area contributed by atoms with E-state index in [0.29, 0.717) is 11.8 Å². The Kier molecular flexibility index (Phi) is 3.39. The van der Waals surface area contributed by atoms with Crippen molar-refractivity contribution in [3.05, 3.63) is 18.1 Å². The molecule has 1 aliphatic rings. The summed E-state index contributed by atoms with van der Waals surface area (Å²) in [6.45, 7) is 5.33. The van der Waals surface area contributed by atoms with E-state index in [1.165, 1.54) is 6.42 Å². The minimum absolute atomic E-state index is 0.281. The SMILES string of the molecule is CCNC(c1nccnc1OC)C1CC1C. The fourth-order valence-electron chi connectivity index (χ4n) is 2.19. The standard InChI is InChI=1S/C12H19N3O/c1-4-13-10(9-7-8(9)2)11-12(16-3)15-6-5-14-11/h5-6,8-10,13H,4,7H2,1-3H3. The number of methoxy groups -OCH3 is 1.